The summed E-state index contributed by atoms with van der Waals surface area (Å²) in [6, 6.07) is 13.2. The van der Waals surface area contributed by atoms with Crippen molar-refractivity contribution in [2.45, 2.75) is 38.3 Å². The molecule has 6 nitrogen and oxygen atoms in total. The van der Waals surface area contributed by atoms with Crippen LogP contribution in [0.1, 0.15) is 42.2 Å². The summed E-state index contributed by atoms with van der Waals surface area (Å²) in [5.41, 5.74) is 3.05. The van der Waals surface area contributed by atoms with Crippen LogP contribution in [0, 0.1) is 11.3 Å². The van der Waals surface area contributed by atoms with Crippen LogP contribution in [0.5, 0.6) is 0 Å². The molecule has 3 aliphatic carbocycles. The number of para-hydroxylation sites is 1. The Morgan fingerprint density at radius 2 is 2.00 bits per heavy atom. The summed E-state index contributed by atoms with van der Waals surface area (Å²) in [5, 5.41) is 6.02. The number of carbonyl (C=O) groups is 2. The predicted molar refractivity (Wildman–Crippen MR) is 120 cm³/mol. The van der Waals surface area contributed by atoms with Crippen LogP contribution in [0.2, 0.25) is 0 Å². The van der Waals surface area contributed by atoms with E-state index in [2.05, 4.69) is 27.5 Å². The lowest BCUT2D eigenvalue weighted by Gasteiger charge is -2.18. The number of carbonyl (C=O) groups excluding carboxylic acids is 2. The van der Waals surface area contributed by atoms with Crippen molar-refractivity contribution in [3.63, 3.8) is 0 Å². The normalized spacial score (nSPS) is 24.3. The molecule has 2 aromatic heterocycles. The fourth-order valence-electron chi connectivity index (χ4n) is 4.77. The number of ketones is 1. The summed E-state index contributed by atoms with van der Waals surface area (Å²) in [6.45, 7) is 2.16. The van der Waals surface area contributed by atoms with Gasteiger partial charge in [-0.3, -0.25) is 9.59 Å². The maximum absolute atomic E-state index is 14.1. The van der Waals surface area contributed by atoms with E-state index in [0.29, 0.717) is 5.56 Å². The number of amides is 1. The molecule has 0 bridgehead atoms. The fourth-order valence-corrected chi connectivity index (χ4v) is 4.77. The molecule has 0 aliphatic heterocycles. The Balaban J connectivity index is 1.42. The number of aromatic nitrogens is 2. The van der Waals surface area contributed by atoms with Crippen LogP contribution in [-0.4, -0.2) is 27.3 Å². The molecule has 3 N–H and O–H groups in total. The van der Waals surface area contributed by atoms with Gasteiger partial charge in [-0.2, -0.15) is 0 Å². The van der Waals surface area contributed by atoms with Gasteiger partial charge in [0.2, 0.25) is 0 Å². The van der Waals surface area contributed by atoms with Crippen molar-refractivity contribution in [3.8, 4) is 11.3 Å². The summed E-state index contributed by atoms with van der Waals surface area (Å²) in [6.07, 6.45) is 3.81. The van der Waals surface area contributed by atoms with Crippen LogP contribution in [-0.2, 0) is 11.2 Å². The molecule has 2 saturated carbocycles. The number of alkyl halides is 1. The summed E-state index contributed by atoms with van der Waals surface area (Å²) in [7, 11) is 0. The molecule has 0 saturated heterocycles. The Hall–Kier alpha value is -3.48. The number of rotatable bonds is 5. The third-order valence-corrected chi connectivity index (χ3v) is 7.00. The number of fused-ring (bicyclic) bond motifs is 2. The van der Waals surface area contributed by atoms with E-state index >= 15 is 0 Å². The number of H-pyrrole nitrogens is 1. The van der Waals surface area contributed by atoms with Gasteiger partial charge in [-0.25, -0.2) is 9.37 Å². The summed E-state index contributed by atoms with van der Waals surface area (Å²) >= 11 is 0. The first kappa shape index (κ1) is 19.2. The molecule has 0 radical (unpaired) electrons. The zero-order valence-electron chi connectivity index (χ0n) is 17.7. The SMILES string of the molecule is C[C@]12Cc3[nH]c(-c4ccnc(NC(=O)C5(F)CC5)c4)c(Nc4ccccc4)c3C(=O)[C@H]1C2. The maximum atomic E-state index is 14.1. The molecule has 1 aromatic carbocycles. The van der Waals surface area contributed by atoms with E-state index in [1.54, 1.807) is 12.3 Å². The van der Waals surface area contributed by atoms with Crippen LogP contribution >= 0.6 is 0 Å². The van der Waals surface area contributed by atoms with E-state index in [4.69, 9.17) is 0 Å². The van der Waals surface area contributed by atoms with Gasteiger partial charge in [-0.05, 0) is 55.4 Å². The van der Waals surface area contributed by atoms with Gasteiger partial charge in [-0.1, -0.05) is 25.1 Å². The molecule has 1 amide bonds. The van der Waals surface area contributed by atoms with Crippen molar-refractivity contribution in [1.82, 2.24) is 9.97 Å². The first-order valence-electron chi connectivity index (χ1n) is 10.9. The Labute approximate surface area is 184 Å². The predicted octanol–water partition coefficient (Wildman–Crippen LogP) is 5.03. The number of anilines is 3. The van der Waals surface area contributed by atoms with Gasteiger partial charge < -0.3 is 15.6 Å². The minimum atomic E-state index is -1.77. The van der Waals surface area contributed by atoms with Crippen molar-refractivity contribution in [1.29, 1.82) is 0 Å². The first-order chi connectivity index (χ1) is 15.4. The molecule has 6 rings (SSSR count). The number of benzene rings is 1. The van der Waals surface area contributed by atoms with Crippen LogP contribution < -0.4 is 10.6 Å². The van der Waals surface area contributed by atoms with Gasteiger partial charge >= 0.3 is 0 Å². The average Bonchev–Trinajstić information content (AvgIpc) is 3.66. The van der Waals surface area contributed by atoms with Crippen molar-refractivity contribution in [2.75, 3.05) is 10.6 Å². The second kappa shape index (κ2) is 6.51. The van der Waals surface area contributed by atoms with E-state index in [1.807, 2.05) is 36.4 Å². The van der Waals surface area contributed by atoms with Crippen LogP contribution in [0.3, 0.4) is 0 Å². The van der Waals surface area contributed by atoms with Gasteiger partial charge in [0.15, 0.2) is 11.5 Å². The molecular weight excluding hydrogens is 407 g/mol. The quantitative estimate of drug-likeness (QED) is 0.530. The average molecular weight is 430 g/mol. The number of nitrogens with zero attached hydrogens (tertiary/aromatic N) is 1. The van der Waals surface area contributed by atoms with E-state index in [1.165, 1.54) is 0 Å². The lowest BCUT2D eigenvalue weighted by atomic mass is 9.87. The zero-order valence-corrected chi connectivity index (χ0v) is 17.7. The second-order valence-corrected chi connectivity index (χ2v) is 9.52. The number of nitrogens with one attached hydrogen (secondary N) is 3. The lowest BCUT2D eigenvalue weighted by molar-refractivity contribution is -0.122. The van der Waals surface area contributed by atoms with Gasteiger partial charge in [0.05, 0.1) is 16.9 Å². The Bertz CT molecular complexity index is 1260. The Kier molecular flexibility index (Phi) is 3.91. The lowest BCUT2D eigenvalue weighted by Crippen LogP contribution is -2.25. The molecule has 7 heteroatoms. The zero-order chi connectivity index (χ0) is 22.1. The molecular formula is C25H23FN4O2. The maximum Gasteiger partial charge on any atom is 0.263 e. The van der Waals surface area contributed by atoms with Crippen LogP contribution in [0.15, 0.2) is 48.7 Å². The number of hydrogen-bond acceptors (Lipinski definition) is 4. The molecule has 162 valence electrons. The Morgan fingerprint density at radius 3 is 2.75 bits per heavy atom. The van der Waals surface area contributed by atoms with Crippen molar-refractivity contribution < 1.29 is 14.0 Å². The smallest absolute Gasteiger partial charge is 0.263 e. The third kappa shape index (κ3) is 3.03. The minimum absolute atomic E-state index is 0.0350. The van der Waals surface area contributed by atoms with Crippen molar-refractivity contribution in [2.24, 2.45) is 11.3 Å². The van der Waals surface area contributed by atoms with Crippen molar-refractivity contribution in [3.05, 3.63) is 59.9 Å². The van der Waals surface area contributed by atoms with Gasteiger partial charge in [0, 0.05) is 29.1 Å². The number of aromatic amines is 1. The summed E-state index contributed by atoms with van der Waals surface area (Å²) in [4.78, 5) is 33.1. The second-order valence-electron chi connectivity index (χ2n) is 9.52. The highest BCUT2D eigenvalue weighted by atomic mass is 19.1. The van der Waals surface area contributed by atoms with Crippen molar-refractivity contribution >= 4 is 28.9 Å². The van der Waals surface area contributed by atoms with E-state index in [9.17, 15) is 14.0 Å². The molecule has 0 unspecified atom stereocenters. The highest BCUT2D eigenvalue weighted by Gasteiger charge is 2.58. The topological polar surface area (TPSA) is 86.9 Å². The molecule has 2 atom stereocenters. The highest BCUT2D eigenvalue weighted by Crippen LogP contribution is 2.60. The minimum Gasteiger partial charge on any atom is -0.356 e. The summed E-state index contributed by atoms with van der Waals surface area (Å²) < 4.78 is 14.1. The largest absolute Gasteiger partial charge is 0.356 e. The van der Waals surface area contributed by atoms with E-state index in [0.717, 1.165) is 41.2 Å². The van der Waals surface area contributed by atoms with Gasteiger partial charge in [-0.15, -0.1) is 0 Å². The number of pyridine rings is 1. The fraction of sp³-hybridized carbons (Fsp3) is 0.320. The Morgan fingerprint density at radius 1 is 1.22 bits per heavy atom. The molecule has 32 heavy (non-hydrogen) atoms. The monoisotopic (exact) mass is 430 g/mol. The number of hydrogen-bond donors (Lipinski definition) is 3. The van der Waals surface area contributed by atoms with E-state index < -0.39 is 11.6 Å². The highest BCUT2D eigenvalue weighted by molar-refractivity contribution is 6.10. The summed E-state index contributed by atoms with van der Waals surface area (Å²) in [5.74, 6) is -0.124. The third-order valence-electron chi connectivity index (χ3n) is 7.00. The standard InChI is InChI=1S/C25H23FN4O2/c1-24-12-16(24)22(31)19-17(13-24)29-20(21(19)28-15-5-3-2-4-6-15)14-7-10-27-18(11-14)30-23(32)25(26)8-9-25/h2-7,10-11,16,28-29H,8-9,12-13H2,1H3,(H,27,30,32)/t16-,24+/m1/s1. The molecule has 0 spiro atoms. The number of Topliss-reactive ketones (excluding diaryl/α,β-unsaturated/α-hetero) is 1. The molecule has 2 heterocycles. The molecule has 3 aliphatic rings. The van der Waals surface area contributed by atoms with Gasteiger partial charge in [0.25, 0.3) is 5.91 Å². The number of halogens is 1. The van der Waals surface area contributed by atoms with Crippen LogP contribution in [0.25, 0.3) is 11.3 Å². The first-order valence-corrected chi connectivity index (χ1v) is 10.9. The molecule has 2 fully saturated rings. The van der Waals surface area contributed by atoms with E-state index in [-0.39, 0.29) is 35.8 Å². The van der Waals surface area contributed by atoms with Crippen LogP contribution in [0.4, 0.5) is 21.6 Å². The van der Waals surface area contributed by atoms with Gasteiger partial charge in [0.1, 0.15) is 5.82 Å². The molecule has 3 aromatic rings.